The minimum Gasteiger partial charge on any atom is -0.491 e. The summed E-state index contributed by atoms with van der Waals surface area (Å²) in [6.45, 7) is 7.14. The highest BCUT2D eigenvalue weighted by molar-refractivity contribution is 5.28. The summed E-state index contributed by atoms with van der Waals surface area (Å²) in [5, 5.41) is 7.00. The maximum absolute atomic E-state index is 5.65. The van der Waals surface area contributed by atoms with Crippen molar-refractivity contribution in [2.75, 3.05) is 0 Å². The van der Waals surface area contributed by atoms with Crippen LogP contribution in [-0.4, -0.2) is 16.2 Å². The number of nitrogens with one attached hydrogen (secondary N) is 1. The van der Waals surface area contributed by atoms with Gasteiger partial charge in [0.25, 0.3) is 0 Å². The summed E-state index contributed by atoms with van der Waals surface area (Å²) in [7, 11) is 0. The molecular weight excluding hydrogens is 242 g/mol. The number of rotatable bonds is 6. The minimum absolute atomic E-state index is 0.185. The van der Waals surface area contributed by atoms with Crippen LogP contribution in [0.3, 0.4) is 0 Å². The zero-order chi connectivity index (χ0) is 13.7. The number of aromatic nitrogens is 2. The summed E-state index contributed by atoms with van der Waals surface area (Å²) in [6.07, 6.45) is 0.185. The molecule has 0 saturated carbocycles. The minimum atomic E-state index is 0.185. The Balaban J connectivity index is 1.85. The second-order valence-electron chi connectivity index (χ2n) is 4.65. The van der Waals surface area contributed by atoms with Gasteiger partial charge in [-0.3, -0.25) is 0 Å². The molecule has 2 rings (SSSR count). The van der Waals surface area contributed by atoms with Gasteiger partial charge in [0.05, 0.1) is 12.6 Å². The Kier molecular flexibility index (Phi) is 4.52. The van der Waals surface area contributed by atoms with E-state index in [2.05, 4.69) is 21.5 Å². The van der Waals surface area contributed by atoms with E-state index in [-0.39, 0.29) is 6.10 Å². The zero-order valence-electron chi connectivity index (χ0n) is 11.5. The molecule has 0 spiro atoms. The second kappa shape index (κ2) is 6.33. The topological polar surface area (TPSA) is 60.2 Å². The molecule has 0 aliphatic rings. The Morgan fingerprint density at radius 2 is 2.16 bits per heavy atom. The van der Waals surface area contributed by atoms with Gasteiger partial charge in [0.1, 0.15) is 5.75 Å². The Hall–Kier alpha value is -1.88. The Morgan fingerprint density at radius 3 is 2.84 bits per heavy atom. The fraction of sp³-hybridized carbons (Fsp3) is 0.429. The number of benzene rings is 1. The van der Waals surface area contributed by atoms with Crippen LogP contribution in [0.2, 0.25) is 0 Å². The maximum Gasteiger partial charge on any atom is 0.240 e. The standard InChI is InChI=1S/C14H19N3O2/c1-10(2)18-13-6-4-5-12(7-13)8-15-9-14-16-11(3)17-19-14/h4-7,10,15H,8-9H2,1-3H3. The molecule has 1 heterocycles. The molecule has 5 nitrogen and oxygen atoms in total. The van der Waals surface area contributed by atoms with Gasteiger partial charge in [0.15, 0.2) is 5.82 Å². The fourth-order valence-corrected chi connectivity index (χ4v) is 1.73. The first-order valence-electron chi connectivity index (χ1n) is 6.39. The molecule has 102 valence electrons. The lowest BCUT2D eigenvalue weighted by Crippen LogP contribution is -2.13. The summed E-state index contributed by atoms with van der Waals surface area (Å²) >= 11 is 0. The fourth-order valence-electron chi connectivity index (χ4n) is 1.73. The molecule has 0 bridgehead atoms. The van der Waals surface area contributed by atoms with E-state index in [1.807, 2.05) is 32.0 Å². The SMILES string of the molecule is Cc1noc(CNCc2cccc(OC(C)C)c2)n1. The number of hydrogen-bond acceptors (Lipinski definition) is 5. The number of hydrogen-bond donors (Lipinski definition) is 1. The van der Waals surface area contributed by atoms with Gasteiger partial charge in [-0.05, 0) is 38.5 Å². The van der Waals surface area contributed by atoms with Gasteiger partial charge in [-0.15, -0.1) is 0 Å². The van der Waals surface area contributed by atoms with Crippen LogP contribution >= 0.6 is 0 Å². The molecule has 0 atom stereocenters. The molecule has 0 unspecified atom stereocenters. The summed E-state index contributed by atoms with van der Waals surface area (Å²) < 4.78 is 10.7. The van der Waals surface area contributed by atoms with Crippen LogP contribution in [0, 0.1) is 6.92 Å². The van der Waals surface area contributed by atoms with E-state index in [0.717, 1.165) is 17.9 Å². The highest BCUT2D eigenvalue weighted by Crippen LogP contribution is 2.14. The Labute approximate surface area is 113 Å². The predicted molar refractivity (Wildman–Crippen MR) is 71.8 cm³/mol. The maximum atomic E-state index is 5.65. The summed E-state index contributed by atoms with van der Waals surface area (Å²) in [5.74, 6) is 2.15. The normalized spacial score (nSPS) is 10.9. The van der Waals surface area contributed by atoms with Crippen molar-refractivity contribution in [2.24, 2.45) is 0 Å². The van der Waals surface area contributed by atoms with E-state index in [1.165, 1.54) is 0 Å². The molecule has 19 heavy (non-hydrogen) atoms. The van der Waals surface area contributed by atoms with Gasteiger partial charge in [-0.2, -0.15) is 4.98 Å². The lowest BCUT2D eigenvalue weighted by atomic mass is 10.2. The number of ether oxygens (including phenoxy) is 1. The molecule has 1 aromatic heterocycles. The second-order valence-corrected chi connectivity index (χ2v) is 4.65. The van der Waals surface area contributed by atoms with E-state index in [9.17, 15) is 0 Å². The van der Waals surface area contributed by atoms with Gasteiger partial charge in [-0.1, -0.05) is 17.3 Å². The van der Waals surface area contributed by atoms with Gasteiger partial charge < -0.3 is 14.6 Å². The Morgan fingerprint density at radius 1 is 1.32 bits per heavy atom. The number of aryl methyl sites for hydroxylation is 1. The van der Waals surface area contributed by atoms with Crippen LogP contribution in [0.1, 0.15) is 31.1 Å². The lowest BCUT2D eigenvalue weighted by Gasteiger charge is -2.11. The first-order valence-corrected chi connectivity index (χ1v) is 6.39. The van der Waals surface area contributed by atoms with Crippen LogP contribution in [0.5, 0.6) is 5.75 Å². The van der Waals surface area contributed by atoms with E-state index >= 15 is 0 Å². The third-order valence-electron chi connectivity index (χ3n) is 2.45. The van der Waals surface area contributed by atoms with Gasteiger partial charge in [0, 0.05) is 6.54 Å². The highest BCUT2D eigenvalue weighted by Gasteiger charge is 2.03. The van der Waals surface area contributed by atoms with Crippen LogP contribution in [0.15, 0.2) is 28.8 Å². The predicted octanol–water partition coefficient (Wildman–Crippen LogP) is 2.46. The van der Waals surface area contributed by atoms with Crippen molar-refractivity contribution in [3.8, 4) is 5.75 Å². The zero-order valence-corrected chi connectivity index (χ0v) is 11.5. The first-order chi connectivity index (χ1) is 9.13. The van der Waals surface area contributed by atoms with Gasteiger partial charge >= 0.3 is 0 Å². The molecule has 1 N–H and O–H groups in total. The van der Waals surface area contributed by atoms with E-state index < -0.39 is 0 Å². The Bertz CT molecular complexity index is 523. The van der Waals surface area contributed by atoms with Crippen molar-refractivity contribution in [3.05, 3.63) is 41.5 Å². The van der Waals surface area contributed by atoms with Crippen LogP contribution in [-0.2, 0) is 13.1 Å². The lowest BCUT2D eigenvalue weighted by molar-refractivity contribution is 0.242. The molecule has 0 radical (unpaired) electrons. The largest absolute Gasteiger partial charge is 0.491 e. The first kappa shape index (κ1) is 13.5. The molecule has 0 amide bonds. The molecule has 1 aromatic carbocycles. The molecule has 0 saturated heterocycles. The molecule has 2 aromatic rings. The van der Waals surface area contributed by atoms with E-state index in [1.54, 1.807) is 6.92 Å². The van der Waals surface area contributed by atoms with Gasteiger partial charge in [-0.25, -0.2) is 0 Å². The van der Waals surface area contributed by atoms with Crippen molar-refractivity contribution in [1.29, 1.82) is 0 Å². The molecule has 0 aliphatic carbocycles. The van der Waals surface area contributed by atoms with Crippen LogP contribution in [0.4, 0.5) is 0 Å². The summed E-state index contributed by atoms with van der Waals surface area (Å²) in [5.41, 5.74) is 1.16. The smallest absolute Gasteiger partial charge is 0.240 e. The van der Waals surface area contributed by atoms with E-state index in [0.29, 0.717) is 18.3 Å². The van der Waals surface area contributed by atoms with Crippen molar-refractivity contribution in [1.82, 2.24) is 15.5 Å². The quantitative estimate of drug-likeness (QED) is 0.865. The van der Waals surface area contributed by atoms with Crippen molar-refractivity contribution >= 4 is 0 Å². The summed E-state index contributed by atoms with van der Waals surface area (Å²) in [4.78, 5) is 4.13. The van der Waals surface area contributed by atoms with Crippen LogP contribution in [0.25, 0.3) is 0 Å². The molecule has 0 aliphatic heterocycles. The average molecular weight is 261 g/mol. The highest BCUT2D eigenvalue weighted by atomic mass is 16.5. The van der Waals surface area contributed by atoms with Crippen LogP contribution < -0.4 is 10.1 Å². The number of nitrogens with zero attached hydrogens (tertiary/aromatic N) is 2. The van der Waals surface area contributed by atoms with Crippen molar-refractivity contribution in [2.45, 2.75) is 40.0 Å². The third kappa shape index (κ3) is 4.37. The molecule has 0 fully saturated rings. The average Bonchev–Trinajstić information content (AvgIpc) is 2.75. The monoisotopic (exact) mass is 261 g/mol. The molecular formula is C14H19N3O2. The third-order valence-corrected chi connectivity index (χ3v) is 2.45. The van der Waals surface area contributed by atoms with E-state index in [4.69, 9.17) is 9.26 Å². The van der Waals surface area contributed by atoms with Crippen molar-refractivity contribution in [3.63, 3.8) is 0 Å². The molecule has 5 heteroatoms. The van der Waals surface area contributed by atoms with Gasteiger partial charge in [0.2, 0.25) is 5.89 Å². The summed E-state index contributed by atoms with van der Waals surface area (Å²) in [6, 6.07) is 8.04. The van der Waals surface area contributed by atoms with Crippen molar-refractivity contribution < 1.29 is 9.26 Å².